The highest BCUT2D eigenvalue weighted by Crippen LogP contribution is 2.24. The second-order valence-electron chi connectivity index (χ2n) is 15.0. The van der Waals surface area contributed by atoms with Crippen molar-refractivity contribution in [1.82, 2.24) is 0 Å². The van der Waals surface area contributed by atoms with Crippen LogP contribution in [0.1, 0.15) is 162 Å². The number of hydrogen-bond acceptors (Lipinski definition) is 11. The lowest BCUT2D eigenvalue weighted by atomic mass is 10.00. The van der Waals surface area contributed by atoms with Gasteiger partial charge in [-0.25, -0.2) is 0 Å². The minimum Gasteiger partial charge on any atom is -0.462 e. The van der Waals surface area contributed by atoms with Gasteiger partial charge in [-0.15, -0.1) is 0 Å². The molecule has 1 rings (SSSR count). The van der Waals surface area contributed by atoms with Gasteiger partial charge in [0.2, 0.25) is 0 Å². The summed E-state index contributed by atoms with van der Waals surface area (Å²) in [6.45, 7) is 3.64. The van der Waals surface area contributed by atoms with Crippen molar-refractivity contribution in [3.8, 4) is 0 Å². The van der Waals surface area contributed by atoms with Crippen LogP contribution >= 0.6 is 0 Å². The van der Waals surface area contributed by atoms with Gasteiger partial charge in [-0.3, -0.25) is 14.1 Å². The molecule has 1 heterocycles. The second kappa shape index (κ2) is 34.5. The van der Waals surface area contributed by atoms with Crippen molar-refractivity contribution >= 4 is 22.1 Å². The first-order chi connectivity index (χ1) is 27.5. The summed E-state index contributed by atoms with van der Waals surface area (Å²) >= 11 is 0. The lowest BCUT2D eigenvalue weighted by Gasteiger charge is -2.40. The van der Waals surface area contributed by atoms with Crippen LogP contribution in [0.3, 0.4) is 0 Å². The number of aliphatic hydroxyl groups excluding tert-OH is 3. The Bertz CT molecular complexity index is 1250. The smallest absolute Gasteiger partial charge is 0.306 e. The molecule has 0 spiro atoms. The zero-order chi connectivity index (χ0) is 42.0. The molecule has 0 aromatic rings. The van der Waals surface area contributed by atoms with Crippen molar-refractivity contribution in [2.75, 3.05) is 19.0 Å². The van der Waals surface area contributed by atoms with Crippen LogP contribution in [0.5, 0.6) is 0 Å². The summed E-state index contributed by atoms with van der Waals surface area (Å²) in [6, 6.07) is 0. The van der Waals surface area contributed by atoms with Gasteiger partial charge < -0.3 is 34.3 Å². The minimum absolute atomic E-state index is 0.144. The van der Waals surface area contributed by atoms with Gasteiger partial charge in [-0.05, 0) is 70.6 Å². The number of ether oxygens (including phenoxy) is 4. The molecule has 1 aliphatic heterocycles. The first-order valence-electron chi connectivity index (χ1n) is 21.7. The van der Waals surface area contributed by atoms with E-state index < -0.39 is 71.2 Å². The first kappa shape index (κ1) is 52.6. The van der Waals surface area contributed by atoms with Gasteiger partial charge in [0.15, 0.2) is 12.4 Å². The number of esters is 2. The Balaban J connectivity index is 2.49. The highest BCUT2D eigenvalue weighted by atomic mass is 32.2. The molecule has 6 unspecified atom stereocenters. The van der Waals surface area contributed by atoms with Crippen LogP contribution in [-0.2, 0) is 38.7 Å². The molecule has 4 N–H and O–H groups in total. The van der Waals surface area contributed by atoms with Crippen molar-refractivity contribution in [2.24, 2.45) is 0 Å². The molecule has 57 heavy (non-hydrogen) atoms. The predicted octanol–water partition coefficient (Wildman–Crippen LogP) is 8.39. The first-order valence-corrected chi connectivity index (χ1v) is 23.3. The number of carbonyl (C=O) groups excluding carboxylic acids is 2. The van der Waals surface area contributed by atoms with Gasteiger partial charge in [0.1, 0.15) is 36.8 Å². The molecule has 1 saturated heterocycles. The lowest BCUT2D eigenvalue weighted by molar-refractivity contribution is -0.297. The van der Waals surface area contributed by atoms with Gasteiger partial charge in [0.25, 0.3) is 10.1 Å². The number of carbonyl (C=O) groups is 2. The fourth-order valence-electron chi connectivity index (χ4n) is 6.21. The van der Waals surface area contributed by atoms with Crippen LogP contribution in [-0.4, -0.2) is 96.0 Å². The standard InChI is InChI=1S/C44H76O12S/c1-3-5-7-9-11-13-15-17-18-19-21-23-25-27-29-31-33-40(46)55-37(35-54-44-43(49)42(48)41(47)38(56-44)36-57(50,51)52)34-53-39(45)32-30-28-26-24-22-20-16-14-12-10-8-6-4-2/h8,10,13-16,18-19,37-38,41-44,47-49H,3-7,9,11-12,17,20-36H2,1-2H3,(H,50,51,52)/b10-8-,15-13-,16-14-,19-18-. The molecule has 0 saturated carbocycles. The molecule has 12 nitrogen and oxygen atoms in total. The van der Waals surface area contributed by atoms with Crippen molar-refractivity contribution in [3.05, 3.63) is 48.6 Å². The minimum atomic E-state index is -4.60. The molecule has 0 aromatic carbocycles. The van der Waals surface area contributed by atoms with E-state index in [0.717, 1.165) is 96.3 Å². The zero-order valence-electron chi connectivity index (χ0n) is 34.9. The highest BCUT2D eigenvalue weighted by Gasteiger charge is 2.46. The molecule has 0 aromatic heterocycles. The van der Waals surface area contributed by atoms with E-state index in [1.54, 1.807) is 0 Å². The van der Waals surface area contributed by atoms with Crippen LogP contribution in [0.4, 0.5) is 0 Å². The maximum absolute atomic E-state index is 12.8. The Labute approximate surface area is 343 Å². The Hall–Kier alpha value is -2.39. The molecular formula is C44H76O12S. The number of hydrogen-bond donors (Lipinski definition) is 4. The van der Waals surface area contributed by atoms with Crippen LogP contribution in [0.15, 0.2) is 48.6 Å². The molecule has 1 fully saturated rings. The Morgan fingerprint density at radius 2 is 1.09 bits per heavy atom. The van der Waals surface area contributed by atoms with E-state index in [1.165, 1.54) is 25.7 Å². The molecule has 1 aliphatic rings. The van der Waals surface area contributed by atoms with Crippen molar-refractivity contribution in [1.29, 1.82) is 0 Å². The summed E-state index contributed by atoms with van der Waals surface area (Å²) in [4.78, 5) is 25.3. The SMILES string of the molecule is CCC/C=C\C/C=C\CCCCCCCC(=O)OCC(COC1OC(CS(=O)(=O)O)C(O)C(O)C1O)OC(=O)CCCCCCC/C=C\C/C=C\CCCCCC. The van der Waals surface area contributed by atoms with E-state index in [-0.39, 0.29) is 19.4 Å². The second-order valence-corrected chi connectivity index (χ2v) is 16.5. The van der Waals surface area contributed by atoms with Crippen molar-refractivity contribution in [3.63, 3.8) is 0 Å². The zero-order valence-corrected chi connectivity index (χ0v) is 35.7. The van der Waals surface area contributed by atoms with Gasteiger partial charge in [0.05, 0.1) is 6.61 Å². The normalized spacial score (nSPS) is 21.0. The van der Waals surface area contributed by atoms with E-state index in [4.69, 9.17) is 18.9 Å². The van der Waals surface area contributed by atoms with Crippen molar-refractivity contribution < 1.29 is 56.8 Å². The van der Waals surface area contributed by atoms with Gasteiger partial charge in [0, 0.05) is 12.8 Å². The van der Waals surface area contributed by atoms with Gasteiger partial charge in [-0.2, -0.15) is 8.42 Å². The Morgan fingerprint density at radius 1 is 0.596 bits per heavy atom. The van der Waals surface area contributed by atoms with Crippen LogP contribution in [0.2, 0.25) is 0 Å². The molecule has 13 heteroatoms. The third-order valence-corrected chi connectivity index (χ3v) is 10.4. The maximum atomic E-state index is 12.8. The largest absolute Gasteiger partial charge is 0.462 e. The quantitative estimate of drug-likeness (QED) is 0.0207. The van der Waals surface area contributed by atoms with Gasteiger partial charge >= 0.3 is 11.9 Å². The van der Waals surface area contributed by atoms with Crippen LogP contribution in [0.25, 0.3) is 0 Å². The molecule has 0 aliphatic carbocycles. The summed E-state index contributed by atoms with van der Waals surface area (Å²) in [7, 11) is -4.60. The Kier molecular flexibility index (Phi) is 31.8. The molecule has 0 bridgehead atoms. The van der Waals surface area contributed by atoms with E-state index in [1.807, 2.05) is 0 Å². The number of unbranched alkanes of at least 4 members (excludes halogenated alkanes) is 15. The van der Waals surface area contributed by atoms with Crippen LogP contribution in [0, 0.1) is 0 Å². The summed E-state index contributed by atoms with van der Waals surface area (Å²) in [5, 5.41) is 30.8. The van der Waals surface area contributed by atoms with E-state index in [9.17, 15) is 37.9 Å². The predicted molar refractivity (Wildman–Crippen MR) is 224 cm³/mol. The third-order valence-electron chi connectivity index (χ3n) is 9.61. The molecule has 330 valence electrons. The average Bonchev–Trinajstić information content (AvgIpc) is 3.17. The van der Waals surface area contributed by atoms with E-state index >= 15 is 0 Å². The summed E-state index contributed by atoms with van der Waals surface area (Å²) in [5.41, 5.74) is 0. The maximum Gasteiger partial charge on any atom is 0.306 e. The summed E-state index contributed by atoms with van der Waals surface area (Å²) in [6.07, 6.45) is 30.1. The molecule has 6 atom stereocenters. The number of allylic oxidation sites excluding steroid dienone is 8. The molecular weight excluding hydrogens is 753 g/mol. The average molecular weight is 829 g/mol. The topological polar surface area (TPSA) is 186 Å². The monoisotopic (exact) mass is 829 g/mol. The molecule has 0 radical (unpaired) electrons. The van der Waals surface area contributed by atoms with E-state index in [2.05, 4.69) is 62.5 Å². The summed E-state index contributed by atoms with van der Waals surface area (Å²) < 4.78 is 54.0. The highest BCUT2D eigenvalue weighted by molar-refractivity contribution is 7.85. The van der Waals surface area contributed by atoms with Gasteiger partial charge in [-0.1, -0.05) is 127 Å². The third kappa shape index (κ3) is 29.5. The molecule has 0 amide bonds. The number of aliphatic hydroxyl groups is 3. The van der Waals surface area contributed by atoms with E-state index in [0.29, 0.717) is 12.8 Å². The fraction of sp³-hybridized carbons (Fsp3) is 0.773. The summed E-state index contributed by atoms with van der Waals surface area (Å²) in [5.74, 6) is -2.02. The van der Waals surface area contributed by atoms with Crippen LogP contribution < -0.4 is 0 Å². The lowest BCUT2D eigenvalue weighted by Crippen LogP contribution is -2.60. The number of rotatable bonds is 35. The Morgan fingerprint density at radius 3 is 1.61 bits per heavy atom. The fourth-order valence-corrected chi connectivity index (χ4v) is 6.90. The van der Waals surface area contributed by atoms with Crippen molar-refractivity contribution in [2.45, 2.75) is 198 Å².